The number of hydrogen-bond donors (Lipinski definition) is 3. The van der Waals surface area contributed by atoms with Gasteiger partial charge in [-0.25, -0.2) is 9.98 Å². The van der Waals surface area contributed by atoms with Crippen LogP contribution in [-0.4, -0.2) is 27.7 Å². The second-order valence-corrected chi connectivity index (χ2v) is 5.69. The standard InChI is InChI=1S/C17H19ClN6O.HI/c1-2-19-17(20-10-12-5-7-13(18)8-6-12)21-11-15-22-16(24-23-15)14-4-3-9-25-14;/h3-9H,2,10-11H2,1H3,(H2,19,20,21)(H,22,23,24);1H. The van der Waals surface area contributed by atoms with Crippen molar-refractivity contribution >= 4 is 41.5 Å². The first-order chi connectivity index (χ1) is 12.2. The van der Waals surface area contributed by atoms with Gasteiger partial charge in [-0.2, -0.15) is 0 Å². The van der Waals surface area contributed by atoms with Gasteiger partial charge in [-0.3, -0.25) is 5.10 Å². The van der Waals surface area contributed by atoms with Crippen LogP contribution in [0.1, 0.15) is 18.3 Å². The Bertz CT molecular complexity index is 816. The third-order valence-corrected chi connectivity index (χ3v) is 3.63. The minimum Gasteiger partial charge on any atom is -0.461 e. The Kier molecular flexibility index (Phi) is 7.92. The summed E-state index contributed by atoms with van der Waals surface area (Å²) in [7, 11) is 0. The molecular weight excluding hydrogens is 467 g/mol. The second kappa shape index (κ2) is 10.2. The average Bonchev–Trinajstić information content (AvgIpc) is 3.30. The first-order valence-electron chi connectivity index (χ1n) is 7.96. The van der Waals surface area contributed by atoms with Gasteiger partial charge in [0.25, 0.3) is 0 Å². The van der Waals surface area contributed by atoms with Crippen molar-refractivity contribution in [2.24, 2.45) is 4.99 Å². The molecule has 0 amide bonds. The molecule has 0 unspecified atom stereocenters. The number of nitrogens with one attached hydrogen (secondary N) is 3. The molecule has 7 nitrogen and oxygen atoms in total. The number of benzene rings is 1. The topological polar surface area (TPSA) is 91.1 Å². The first kappa shape index (κ1) is 20.2. The van der Waals surface area contributed by atoms with Crippen molar-refractivity contribution < 1.29 is 4.42 Å². The minimum atomic E-state index is 0. The summed E-state index contributed by atoms with van der Waals surface area (Å²) < 4.78 is 5.28. The Labute approximate surface area is 173 Å². The van der Waals surface area contributed by atoms with Crippen LogP contribution in [0.2, 0.25) is 5.02 Å². The number of aromatic amines is 1. The van der Waals surface area contributed by atoms with E-state index in [-0.39, 0.29) is 24.0 Å². The van der Waals surface area contributed by atoms with E-state index in [0.29, 0.717) is 36.5 Å². The summed E-state index contributed by atoms with van der Waals surface area (Å²) in [5.74, 6) is 2.56. The molecule has 0 bridgehead atoms. The van der Waals surface area contributed by atoms with E-state index in [9.17, 15) is 0 Å². The number of rotatable bonds is 6. The zero-order chi connectivity index (χ0) is 17.5. The van der Waals surface area contributed by atoms with Crippen LogP contribution in [0.5, 0.6) is 0 Å². The van der Waals surface area contributed by atoms with Gasteiger partial charge in [0, 0.05) is 11.6 Å². The maximum atomic E-state index is 5.90. The Morgan fingerprint density at radius 1 is 1.23 bits per heavy atom. The summed E-state index contributed by atoms with van der Waals surface area (Å²) in [6.45, 7) is 3.81. The van der Waals surface area contributed by atoms with Gasteiger partial charge < -0.3 is 15.1 Å². The molecule has 0 aliphatic carbocycles. The maximum absolute atomic E-state index is 5.90. The number of aliphatic imine (C=N–C) groups is 1. The normalized spacial score (nSPS) is 11.1. The fourth-order valence-corrected chi connectivity index (χ4v) is 2.29. The summed E-state index contributed by atoms with van der Waals surface area (Å²) in [5.41, 5.74) is 1.08. The third kappa shape index (κ3) is 5.73. The highest BCUT2D eigenvalue weighted by atomic mass is 127. The number of guanidine groups is 1. The van der Waals surface area contributed by atoms with Crippen LogP contribution in [0.3, 0.4) is 0 Å². The molecule has 0 spiro atoms. The third-order valence-electron chi connectivity index (χ3n) is 3.37. The van der Waals surface area contributed by atoms with Gasteiger partial charge in [0.15, 0.2) is 11.7 Å². The number of aromatic nitrogens is 3. The van der Waals surface area contributed by atoms with Crippen molar-refractivity contribution in [2.75, 3.05) is 6.54 Å². The number of nitrogens with zero attached hydrogens (tertiary/aromatic N) is 3. The zero-order valence-electron chi connectivity index (χ0n) is 14.2. The maximum Gasteiger partial charge on any atom is 0.216 e. The lowest BCUT2D eigenvalue weighted by Crippen LogP contribution is -2.37. The van der Waals surface area contributed by atoms with Crippen LogP contribution in [0.4, 0.5) is 0 Å². The van der Waals surface area contributed by atoms with Crippen LogP contribution in [-0.2, 0) is 13.1 Å². The molecule has 0 atom stereocenters. The lowest BCUT2D eigenvalue weighted by molar-refractivity contribution is 0.577. The largest absolute Gasteiger partial charge is 0.461 e. The Morgan fingerprint density at radius 3 is 2.73 bits per heavy atom. The Balaban J connectivity index is 0.00000243. The van der Waals surface area contributed by atoms with Gasteiger partial charge in [-0.15, -0.1) is 29.1 Å². The van der Waals surface area contributed by atoms with Gasteiger partial charge in [-0.05, 0) is 36.8 Å². The highest BCUT2D eigenvalue weighted by Crippen LogP contribution is 2.14. The van der Waals surface area contributed by atoms with Crippen LogP contribution in [0.25, 0.3) is 11.6 Å². The van der Waals surface area contributed by atoms with Gasteiger partial charge in [0.05, 0.1) is 19.4 Å². The minimum absolute atomic E-state index is 0. The van der Waals surface area contributed by atoms with Crippen molar-refractivity contribution in [3.63, 3.8) is 0 Å². The number of furan rings is 1. The fourth-order valence-electron chi connectivity index (χ4n) is 2.16. The molecule has 0 aliphatic heterocycles. The van der Waals surface area contributed by atoms with E-state index in [0.717, 1.165) is 17.1 Å². The van der Waals surface area contributed by atoms with E-state index >= 15 is 0 Å². The SMILES string of the molecule is CCNC(=NCc1ccc(Cl)cc1)NCc1nc(-c2ccco2)n[nH]1.I. The molecule has 0 aliphatic rings. The summed E-state index contributed by atoms with van der Waals surface area (Å²) in [6, 6.07) is 11.3. The van der Waals surface area contributed by atoms with Crippen molar-refractivity contribution in [3.8, 4) is 11.6 Å². The molecule has 2 aromatic heterocycles. The molecular formula is C17H20ClIN6O. The molecule has 0 saturated carbocycles. The predicted molar refractivity (Wildman–Crippen MR) is 113 cm³/mol. The number of hydrogen-bond acceptors (Lipinski definition) is 4. The summed E-state index contributed by atoms with van der Waals surface area (Å²) in [4.78, 5) is 8.95. The molecule has 0 saturated heterocycles. The van der Waals surface area contributed by atoms with Crippen LogP contribution in [0.15, 0.2) is 52.1 Å². The van der Waals surface area contributed by atoms with E-state index in [1.165, 1.54) is 0 Å². The highest BCUT2D eigenvalue weighted by Gasteiger charge is 2.08. The average molecular weight is 487 g/mol. The summed E-state index contributed by atoms with van der Waals surface area (Å²) in [5, 5.41) is 14.2. The van der Waals surface area contributed by atoms with E-state index in [2.05, 4.69) is 30.8 Å². The van der Waals surface area contributed by atoms with E-state index in [1.54, 1.807) is 12.3 Å². The van der Waals surface area contributed by atoms with Crippen LogP contribution in [0, 0.1) is 0 Å². The molecule has 1 aromatic carbocycles. The van der Waals surface area contributed by atoms with Gasteiger partial charge in [0.1, 0.15) is 5.82 Å². The molecule has 9 heteroatoms. The van der Waals surface area contributed by atoms with Crippen molar-refractivity contribution in [1.82, 2.24) is 25.8 Å². The highest BCUT2D eigenvalue weighted by molar-refractivity contribution is 14.0. The number of halogens is 2. The Morgan fingerprint density at radius 2 is 2.04 bits per heavy atom. The van der Waals surface area contributed by atoms with Crippen LogP contribution >= 0.6 is 35.6 Å². The van der Waals surface area contributed by atoms with Crippen molar-refractivity contribution in [1.29, 1.82) is 0 Å². The number of H-pyrrole nitrogens is 1. The second-order valence-electron chi connectivity index (χ2n) is 5.26. The van der Waals surface area contributed by atoms with Crippen molar-refractivity contribution in [3.05, 3.63) is 59.1 Å². The van der Waals surface area contributed by atoms with Crippen LogP contribution < -0.4 is 10.6 Å². The van der Waals surface area contributed by atoms with E-state index < -0.39 is 0 Å². The summed E-state index contributed by atoms with van der Waals surface area (Å²) >= 11 is 5.90. The molecule has 26 heavy (non-hydrogen) atoms. The molecule has 3 aromatic rings. The van der Waals surface area contributed by atoms with Gasteiger partial charge >= 0.3 is 0 Å². The monoisotopic (exact) mass is 486 g/mol. The zero-order valence-corrected chi connectivity index (χ0v) is 17.3. The van der Waals surface area contributed by atoms with Gasteiger partial charge in [0.2, 0.25) is 5.82 Å². The smallest absolute Gasteiger partial charge is 0.216 e. The van der Waals surface area contributed by atoms with E-state index in [4.69, 9.17) is 16.0 Å². The summed E-state index contributed by atoms with van der Waals surface area (Å²) in [6.07, 6.45) is 1.59. The molecule has 2 heterocycles. The molecule has 0 fully saturated rings. The molecule has 0 radical (unpaired) electrons. The lowest BCUT2D eigenvalue weighted by atomic mass is 10.2. The van der Waals surface area contributed by atoms with Gasteiger partial charge in [-0.1, -0.05) is 23.7 Å². The predicted octanol–water partition coefficient (Wildman–Crippen LogP) is 3.59. The van der Waals surface area contributed by atoms with Crippen molar-refractivity contribution in [2.45, 2.75) is 20.0 Å². The van der Waals surface area contributed by atoms with E-state index in [1.807, 2.05) is 37.3 Å². The Hall–Kier alpha value is -2.07. The molecule has 3 N–H and O–H groups in total. The molecule has 138 valence electrons. The fraction of sp³-hybridized carbons (Fsp3) is 0.235. The first-order valence-corrected chi connectivity index (χ1v) is 8.34. The quantitative estimate of drug-likeness (QED) is 0.281. The molecule has 3 rings (SSSR count). The lowest BCUT2D eigenvalue weighted by Gasteiger charge is -2.10.